The molecule has 2 aromatic carbocycles. The lowest BCUT2D eigenvalue weighted by Crippen LogP contribution is -2.24. The third kappa shape index (κ3) is 6.83. The molecular formula is C21H23NO6. The lowest BCUT2D eigenvalue weighted by molar-refractivity contribution is -0.384. The summed E-state index contributed by atoms with van der Waals surface area (Å²) in [4.78, 5) is 34.1. The fraction of sp³-hybridized carbons (Fsp3) is 0.333. The van der Waals surface area contributed by atoms with Crippen LogP contribution in [-0.2, 0) is 20.9 Å². The zero-order chi connectivity index (χ0) is 20.4. The first kappa shape index (κ1) is 21.1. The average molecular weight is 385 g/mol. The molecule has 0 aliphatic heterocycles. The SMILES string of the molecule is CC(=O)C(CCCCOc1ccc([N+](=O)[O-])cc1)C(=O)OCc1ccccc1. The Morgan fingerprint density at radius 3 is 2.32 bits per heavy atom. The zero-order valence-electron chi connectivity index (χ0n) is 15.7. The molecule has 28 heavy (non-hydrogen) atoms. The van der Waals surface area contributed by atoms with E-state index in [2.05, 4.69) is 0 Å². The number of nitro benzene ring substituents is 1. The minimum atomic E-state index is -0.775. The van der Waals surface area contributed by atoms with E-state index in [0.29, 0.717) is 31.6 Å². The van der Waals surface area contributed by atoms with Gasteiger partial charge in [-0.1, -0.05) is 30.3 Å². The number of rotatable bonds is 11. The summed E-state index contributed by atoms with van der Waals surface area (Å²) < 4.78 is 10.8. The number of carbonyl (C=O) groups excluding carboxylic acids is 2. The van der Waals surface area contributed by atoms with Crippen molar-refractivity contribution in [1.29, 1.82) is 0 Å². The van der Waals surface area contributed by atoms with Crippen LogP contribution in [0.15, 0.2) is 54.6 Å². The molecule has 1 unspecified atom stereocenters. The van der Waals surface area contributed by atoms with Gasteiger partial charge in [-0.25, -0.2) is 0 Å². The minimum Gasteiger partial charge on any atom is -0.494 e. The smallest absolute Gasteiger partial charge is 0.316 e. The van der Waals surface area contributed by atoms with Crippen LogP contribution in [0, 0.1) is 16.0 Å². The molecule has 0 N–H and O–H groups in total. The van der Waals surface area contributed by atoms with Crippen molar-refractivity contribution < 1.29 is 24.0 Å². The first-order valence-electron chi connectivity index (χ1n) is 9.05. The summed E-state index contributed by atoms with van der Waals surface area (Å²) in [5, 5.41) is 10.6. The van der Waals surface area contributed by atoms with E-state index in [-0.39, 0.29) is 18.1 Å². The van der Waals surface area contributed by atoms with Crippen molar-refractivity contribution in [1.82, 2.24) is 0 Å². The summed E-state index contributed by atoms with van der Waals surface area (Å²) in [6.45, 7) is 1.93. The van der Waals surface area contributed by atoms with Crippen LogP contribution in [0.25, 0.3) is 0 Å². The molecule has 0 aromatic heterocycles. The normalized spacial score (nSPS) is 11.5. The Balaban J connectivity index is 1.71. The first-order chi connectivity index (χ1) is 13.5. The topological polar surface area (TPSA) is 95.7 Å². The monoisotopic (exact) mass is 385 g/mol. The van der Waals surface area contributed by atoms with Crippen LogP contribution in [0.1, 0.15) is 31.7 Å². The summed E-state index contributed by atoms with van der Waals surface area (Å²) in [6, 6.07) is 15.1. The highest BCUT2D eigenvalue weighted by molar-refractivity contribution is 5.97. The Bertz CT molecular complexity index is 788. The fourth-order valence-electron chi connectivity index (χ4n) is 2.62. The summed E-state index contributed by atoms with van der Waals surface area (Å²) in [6.07, 6.45) is 1.66. The Kier molecular flexibility index (Phi) is 8.14. The molecule has 0 saturated heterocycles. The van der Waals surface area contributed by atoms with Gasteiger partial charge in [0.05, 0.1) is 11.5 Å². The van der Waals surface area contributed by atoms with Crippen LogP contribution in [0.2, 0.25) is 0 Å². The first-order valence-corrected chi connectivity index (χ1v) is 9.05. The Labute approximate surface area is 163 Å². The molecule has 0 spiro atoms. The molecular weight excluding hydrogens is 362 g/mol. The van der Waals surface area contributed by atoms with E-state index in [9.17, 15) is 19.7 Å². The second-order valence-corrected chi connectivity index (χ2v) is 6.35. The molecule has 7 nitrogen and oxygen atoms in total. The predicted octanol–water partition coefficient (Wildman–Crippen LogP) is 4.09. The molecule has 0 heterocycles. The maximum absolute atomic E-state index is 12.2. The van der Waals surface area contributed by atoms with Crippen LogP contribution in [0.4, 0.5) is 5.69 Å². The second kappa shape index (κ2) is 10.8. The number of carbonyl (C=O) groups is 2. The molecule has 0 aliphatic rings. The van der Waals surface area contributed by atoms with Crippen LogP contribution < -0.4 is 4.74 Å². The summed E-state index contributed by atoms with van der Waals surface area (Å²) in [7, 11) is 0. The van der Waals surface area contributed by atoms with Gasteiger partial charge in [-0.2, -0.15) is 0 Å². The van der Waals surface area contributed by atoms with Gasteiger partial charge in [0, 0.05) is 12.1 Å². The van der Waals surface area contributed by atoms with Crippen LogP contribution in [0.5, 0.6) is 5.75 Å². The van der Waals surface area contributed by atoms with Crippen molar-refractivity contribution in [3.8, 4) is 5.75 Å². The third-order valence-corrected chi connectivity index (χ3v) is 4.20. The quantitative estimate of drug-likeness (QED) is 0.190. The molecule has 0 saturated carbocycles. The van der Waals surface area contributed by atoms with Crippen LogP contribution in [-0.4, -0.2) is 23.3 Å². The number of unbranched alkanes of at least 4 members (excludes halogenated alkanes) is 1. The van der Waals surface area contributed by atoms with E-state index in [4.69, 9.17) is 9.47 Å². The van der Waals surface area contributed by atoms with E-state index in [1.54, 1.807) is 0 Å². The van der Waals surface area contributed by atoms with E-state index < -0.39 is 16.8 Å². The molecule has 0 aliphatic carbocycles. The number of hydrogen-bond donors (Lipinski definition) is 0. The summed E-state index contributed by atoms with van der Waals surface area (Å²) in [5.41, 5.74) is 0.875. The maximum atomic E-state index is 12.2. The van der Waals surface area contributed by atoms with Crippen molar-refractivity contribution in [2.24, 2.45) is 5.92 Å². The molecule has 0 amide bonds. The minimum absolute atomic E-state index is 0.00525. The van der Waals surface area contributed by atoms with Crippen molar-refractivity contribution in [3.05, 3.63) is 70.3 Å². The number of esters is 1. The number of Topliss-reactive ketones (excluding diaryl/α,β-unsaturated/α-hetero) is 1. The van der Waals surface area contributed by atoms with E-state index >= 15 is 0 Å². The van der Waals surface area contributed by atoms with Gasteiger partial charge >= 0.3 is 5.97 Å². The van der Waals surface area contributed by atoms with Gasteiger partial charge in [0.15, 0.2) is 0 Å². The molecule has 7 heteroatoms. The maximum Gasteiger partial charge on any atom is 0.316 e. The van der Waals surface area contributed by atoms with Gasteiger partial charge in [-0.3, -0.25) is 19.7 Å². The molecule has 2 aromatic rings. The number of nitrogens with zero attached hydrogens (tertiary/aromatic N) is 1. The Morgan fingerprint density at radius 1 is 1.04 bits per heavy atom. The van der Waals surface area contributed by atoms with Gasteiger partial charge in [0.25, 0.3) is 5.69 Å². The largest absolute Gasteiger partial charge is 0.494 e. The van der Waals surface area contributed by atoms with Crippen molar-refractivity contribution in [2.45, 2.75) is 32.8 Å². The number of ether oxygens (including phenoxy) is 2. The number of non-ortho nitro benzene ring substituents is 1. The molecule has 2 rings (SSSR count). The highest BCUT2D eigenvalue weighted by atomic mass is 16.6. The Hall–Kier alpha value is -3.22. The number of hydrogen-bond acceptors (Lipinski definition) is 6. The van der Waals surface area contributed by atoms with Crippen molar-refractivity contribution in [2.75, 3.05) is 6.61 Å². The van der Waals surface area contributed by atoms with Gasteiger partial charge in [-0.15, -0.1) is 0 Å². The predicted molar refractivity (Wildman–Crippen MR) is 103 cm³/mol. The molecule has 148 valence electrons. The third-order valence-electron chi connectivity index (χ3n) is 4.20. The van der Waals surface area contributed by atoms with E-state index in [0.717, 1.165) is 5.56 Å². The van der Waals surface area contributed by atoms with E-state index in [1.165, 1.54) is 31.2 Å². The van der Waals surface area contributed by atoms with Crippen LogP contribution in [0.3, 0.4) is 0 Å². The lowest BCUT2D eigenvalue weighted by Gasteiger charge is -2.13. The standard InChI is InChI=1S/C21H23NO6/c1-16(23)20(21(24)28-15-17-7-3-2-4-8-17)9-5-6-14-27-19-12-10-18(11-13-19)22(25)26/h2-4,7-8,10-13,20H,5-6,9,14-15H2,1H3. The highest BCUT2D eigenvalue weighted by Crippen LogP contribution is 2.18. The lowest BCUT2D eigenvalue weighted by atomic mass is 9.98. The van der Waals surface area contributed by atoms with Crippen molar-refractivity contribution >= 4 is 17.4 Å². The number of nitro groups is 1. The second-order valence-electron chi connectivity index (χ2n) is 6.35. The van der Waals surface area contributed by atoms with Gasteiger partial charge < -0.3 is 9.47 Å². The molecule has 0 fully saturated rings. The Morgan fingerprint density at radius 2 is 1.71 bits per heavy atom. The van der Waals surface area contributed by atoms with Crippen LogP contribution >= 0.6 is 0 Å². The number of benzene rings is 2. The molecule has 0 bridgehead atoms. The summed E-state index contributed by atoms with van der Waals surface area (Å²) in [5.74, 6) is -0.957. The zero-order valence-corrected chi connectivity index (χ0v) is 15.7. The molecule has 0 radical (unpaired) electrons. The molecule has 1 atom stereocenters. The van der Waals surface area contributed by atoms with Gasteiger partial charge in [-0.05, 0) is 43.9 Å². The van der Waals surface area contributed by atoms with Crippen molar-refractivity contribution in [3.63, 3.8) is 0 Å². The highest BCUT2D eigenvalue weighted by Gasteiger charge is 2.24. The average Bonchev–Trinajstić information content (AvgIpc) is 2.69. The van der Waals surface area contributed by atoms with E-state index in [1.807, 2.05) is 30.3 Å². The fourth-order valence-corrected chi connectivity index (χ4v) is 2.62. The van der Waals surface area contributed by atoms with Gasteiger partial charge in [0.2, 0.25) is 0 Å². The van der Waals surface area contributed by atoms with Gasteiger partial charge in [0.1, 0.15) is 24.1 Å². The number of ketones is 1. The summed E-state index contributed by atoms with van der Waals surface area (Å²) >= 11 is 0.